The molecular weight excluding hydrogens is 438 g/mol. The van der Waals surface area contributed by atoms with Gasteiger partial charge in [-0.3, -0.25) is 4.90 Å². The van der Waals surface area contributed by atoms with Gasteiger partial charge < -0.3 is 9.64 Å². The van der Waals surface area contributed by atoms with Gasteiger partial charge in [0.1, 0.15) is 0 Å². The lowest BCUT2D eigenvalue weighted by Gasteiger charge is -2.36. The highest BCUT2D eigenvalue weighted by atomic mass is 16.7. The van der Waals surface area contributed by atoms with Crippen molar-refractivity contribution >= 4 is 17.7 Å². The number of rotatable bonds is 6. The molecular formula is C28H32N5O2+. The van der Waals surface area contributed by atoms with Crippen LogP contribution in [-0.2, 0) is 16.0 Å². The summed E-state index contributed by atoms with van der Waals surface area (Å²) < 4.78 is 5.98. The van der Waals surface area contributed by atoms with Gasteiger partial charge in [-0.25, -0.2) is 0 Å². The summed E-state index contributed by atoms with van der Waals surface area (Å²) in [6, 6.07) is 10.7. The fourth-order valence-electron chi connectivity index (χ4n) is 5.72. The normalized spacial score (nSPS) is 23.4. The molecule has 1 saturated heterocycles. The van der Waals surface area contributed by atoms with E-state index >= 15 is 0 Å². The molecule has 6 rings (SSSR count). The highest BCUT2D eigenvalue weighted by molar-refractivity contribution is 5.75. The maximum absolute atomic E-state index is 6.17. The summed E-state index contributed by atoms with van der Waals surface area (Å²) in [5.41, 5.74) is 4.99. The Morgan fingerprint density at radius 1 is 1.06 bits per heavy atom. The van der Waals surface area contributed by atoms with Gasteiger partial charge in [-0.1, -0.05) is 47.1 Å². The minimum Gasteiger partial charge on any atom is -0.452 e. The molecule has 1 aromatic heterocycles. The number of benzene rings is 1. The van der Waals surface area contributed by atoms with E-state index < -0.39 is 0 Å². The van der Waals surface area contributed by atoms with Crippen LogP contribution in [0.15, 0.2) is 71.8 Å². The van der Waals surface area contributed by atoms with Crippen LogP contribution in [0, 0.1) is 0 Å². The summed E-state index contributed by atoms with van der Waals surface area (Å²) in [4.78, 5) is 11.1. The van der Waals surface area contributed by atoms with Crippen LogP contribution in [0.5, 0.6) is 0 Å². The van der Waals surface area contributed by atoms with Crippen molar-refractivity contribution in [2.75, 3.05) is 51.8 Å². The first-order chi connectivity index (χ1) is 17.2. The number of hydrogen-bond donors (Lipinski definition) is 0. The van der Waals surface area contributed by atoms with Crippen molar-refractivity contribution in [1.29, 1.82) is 0 Å². The fourth-order valence-corrected chi connectivity index (χ4v) is 5.72. The van der Waals surface area contributed by atoms with Crippen molar-refractivity contribution in [2.45, 2.75) is 19.3 Å². The van der Waals surface area contributed by atoms with Gasteiger partial charge in [0, 0.05) is 44.4 Å². The second-order valence-corrected chi connectivity index (χ2v) is 9.45. The molecule has 35 heavy (non-hydrogen) atoms. The molecule has 1 aromatic carbocycles. The summed E-state index contributed by atoms with van der Waals surface area (Å²) in [6.07, 6.45) is 13.7. The maximum atomic E-state index is 6.17. The Bertz CT molecular complexity index is 1340. The van der Waals surface area contributed by atoms with Gasteiger partial charge in [0.15, 0.2) is 17.7 Å². The van der Waals surface area contributed by atoms with Crippen LogP contribution < -0.4 is 15.3 Å². The second kappa shape index (κ2) is 9.07. The Morgan fingerprint density at radius 3 is 2.66 bits per heavy atom. The molecule has 1 atom stereocenters. The molecule has 0 amide bonds. The number of allylic oxidation sites excluding steroid dienone is 3. The average Bonchev–Trinajstić information content (AvgIpc) is 3.28. The van der Waals surface area contributed by atoms with Crippen LogP contribution in [0.2, 0.25) is 0 Å². The molecule has 0 saturated carbocycles. The van der Waals surface area contributed by atoms with Gasteiger partial charge in [-0.15, -0.1) is 5.10 Å². The van der Waals surface area contributed by atoms with Crippen LogP contribution in [0.25, 0.3) is 11.9 Å². The van der Waals surface area contributed by atoms with Crippen LogP contribution in [0.3, 0.4) is 0 Å². The molecule has 3 aliphatic heterocycles. The minimum atomic E-state index is 0.104. The number of ether oxygens (including phenoxy) is 1. The molecule has 0 spiro atoms. The van der Waals surface area contributed by atoms with Crippen LogP contribution in [0.1, 0.15) is 18.4 Å². The SMILES string of the molecule is COC1=CC2=C(C=CCC2)C2=c3c(N4CCN(CCc5ccccc5)CC4)nncc3=C[N+]12OC. The van der Waals surface area contributed by atoms with E-state index in [2.05, 4.69) is 74.8 Å². The van der Waals surface area contributed by atoms with E-state index in [0.29, 0.717) is 0 Å². The Hall–Kier alpha value is -3.26. The molecule has 4 aliphatic rings. The molecule has 180 valence electrons. The number of fused-ring (bicyclic) bond motifs is 3. The molecule has 1 fully saturated rings. The molecule has 4 heterocycles. The van der Waals surface area contributed by atoms with E-state index in [1.54, 1.807) is 14.2 Å². The number of hydrogen-bond acceptors (Lipinski definition) is 6. The van der Waals surface area contributed by atoms with Crippen molar-refractivity contribution in [3.8, 4) is 0 Å². The summed E-state index contributed by atoms with van der Waals surface area (Å²) in [6.45, 7) is 4.95. The van der Waals surface area contributed by atoms with Crippen molar-refractivity contribution in [3.05, 3.63) is 87.8 Å². The highest BCUT2D eigenvalue weighted by Gasteiger charge is 2.49. The first-order valence-electron chi connectivity index (χ1n) is 12.4. The third kappa shape index (κ3) is 3.71. The Morgan fingerprint density at radius 2 is 1.89 bits per heavy atom. The third-order valence-electron chi connectivity index (χ3n) is 7.57. The number of methoxy groups -OCH3 is 1. The first kappa shape index (κ1) is 22.2. The highest BCUT2D eigenvalue weighted by Crippen LogP contribution is 2.43. The zero-order valence-corrected chi connectivity index (χ0v) is 20.5. The number of anilines is 1. The summed E-state index contributed by atoms with van der Waals surface area (Å²) in [7, 11) is 3.45. The summed E-state index contributed by atoms with van der Waals surface area (Å²) >= 11 is 0. The zero-order chi connectivity index (χ0) is 23.8. The lowest BCUT2D eigenvalue weighted by molar-refractivity contribution is -0.962. The van der Waals surface area contributed by atoms with Gasteiger partial charge in [0.25, 0.3) is 0 Å². The van der Waals surface area contributed by atoms with Gasteiger partial charge in [0.2, 0.25) is 0 Å². The summed E-state index contributed by atoms with van der Waals surface area (Å²) in [5, 5.41) is 11.2. The summed E-state index contributed by atoms with van der Waals surface area (Å²) in [5.74, 6) is 1.71. The van der Waals surface area contributed by atoms with Gasteiger partial charge in [0.05, 0.1) is 30.9 Å². The topological polar surface area (TPSA) is 50.7 Å². The zero-order valence-electron chi connectivity index (χ0n) is 20.5. The number of nitrogens with zero attached hydrogens (tertiary/aromatic N) is 5. The monoisotopic (exact) mass is 470 g/mol. The molecule has 0 radical (unpaired) electrons. The van der Waals surface area contributed by atoms with Crippen molar-refractivity contribution in [2.24, 2.45) is 0 Å². The predicted octanol–water partition coefficient (Wildman–Crippen LogP) is 2.23. The third-order valence-corrected chi connectivity index (χ3v) is 7.57. The lowest BCUT2D eigenvalue weighted by atomic mass is 9.91. The molecule has 1 unspecified atom stereocenters. The molecule has 0 N–H and O–H groups in total. The first-order valence-corrected chi connectivity index (χ1v) is 12.4. The smallest absolute Gasteiger partial charge is 0.335 e. The predicted molar refractivity (Wildman–Crippen MR) is 136 cm³/mol. The standard InChI is InChI=1S/C28H32N5O2/c1-34-25-18-22-10-6-7-11-24(22)27-26-23(20-33(25,27)35-2)19-29-30-28(26)32-16-14-31(15-17-32)13-12-21-8-4-3-5-9-21/h3-5,7-9,11,18-20H,6,10,12-17H2,1-2H3/q+1. The minimum absolute atomic E-state index is 0.104. The van der Waals surface area contributed by atoms with Gasteiger partial charge in [-0.2, -0.15) is 9.94 Å². The van der Waals surface area contributed by atoms with Gasteiger partial charge in [-0.05, 0) is 30.4 Å². The lowest BCUT2D eigenvalue weighted by Crippen LogP contribution is -2.50. The number of quaternary nitrogens is 1. The van der Waals surface area contributed by atoms with Crippen LogP contribution >= 0.6 is 0 Å². The Labute approximate surface area is 206 Å². The molecule has 7 heteroatoms. The van der Waals surface area contributed by atoms with E-state index in [1.807, 2.05) is 6.20 Å². The average molecular weight is 471 g/mol. The second-order valence-electron chi connectivity index (χ2n) is 9.45. The maximum Gasteiger partial charge on any atom is 0.335 e. The molecule has 2 aromatic rings. The van der Waals surface area contributed by atoms with Crippen LogP contribution in [0.4, 0.5) is 5.82 Å². The van der Waals surface area contributed by atoms with Crippen molar-refractivity contribution in [1.82, 2.24) is 15.1 Å². The Balaban J connectivity index is 1.34. The molecule has 0 bridgehead atoms. The quantitative estimate of drug-likeness (QED) is 0.604. The Kier molecular flexibility index (Phi) is 5.76. The van der Waals surface area contributed by atoms with Crippen LogP contribution in [-0.4, -0.2) is 66.7 Å². The number of piperazine rings is 1. The molecule has 7 nitrogen and oxygen atoms in total. The van der Waals surface area contributed by atoms with Gasteiger partial charge >= 0.3 is 5.88 Å². The fraction of sp³-hybridized carbons (Fsp3) is 0.357. The van der Waals surface area contributed by atoms with Crippen molar-refractivity contribution in [3.63, 3.8) is 0 Å². The van der Waals surface area contributed by atoms with E-state index in [9.17, 15) is 0 Å². The van der Waals surface area contributed by atoms with E-state index in [4.69, 9.17) is 9.57 Å². The number of aromatic nitrogens is 2. The van der Waals surface area contributed by atoms with E-state index in [1.165, 1.54) is 16.7 Å². The van der Waals surface area contributed by atoms with Crippen molar-refractivity contribution < 1.29 is 14.2 Å². The largest absolute Gasteiger partial charge is 0.452 e. The van der Waals surface area contributed by atoms with E-state index in [0.717, 1.165) is 79.8 Å². The van der Waals surface area contributed by atoms with E-state index in [-0.39, 0.29) is 4.65 Å². The molecule has 1 aliphatic carbocycles. The number of hydroxylamine groups is 3.